The molecule has 2 aromatic rings. The Balaban J connectivity index is 2.20. The van der Waals surface area contributed by atoms with E-state index in [4.69, 9.17) is 10.8 Å². The van der Waals surface area contributed by atoms with Crippen LogP contribution in [0.3, 0.4) is 0 Å². The van der Waals surface area contributed by atoms with Crippen molar-refractivity contribution in [2.24, 2.45) is 7.05 Å². The number of hydrogen-bond acceptors (Lipinski definition) is 5. The number of carboxylic acid groups (broad SMARTS) is 1. The maximum absolute atomic E-state index is 11.1. The summed E-state index contributed by atoms with van der Waals surface area (Å²) in [7, 11) is 1.85. The summed E-state index contributed by atoms with van der Waals surface area (Å²) in [6.45, 7) is 2.43. The van der Waals surface area contributed by atoms with Gasteiger partial charge in [0.2, 0.25) is 0 Å². The van der Waals surface area contributed by atoms with Crippen molar-refractivity contribution in [3.63, 3.8) is 0 Å². The first-order valence-electron chi connectivity index (χ1n) is 5.69. The van der Waals surface area contributed by atoms with Crippen molar-refractivity contribution in [1.82, 2.24) is 14.8 Å². The lowest BCUT2D eigenvalue weighted by atomic mass is 10.2. The minimum absolute atomic E-state index is 0.106. The molecule has 0 aliphatic rings. The summed E-state index contributed by atoms with van der Waals surface area (Å²) in [6, 6.07) is 1.33. The van der Waals surface area contributed by atoms with Crippen LogP contribution in [0.25, 0.3) is 0 Å². The largest absolute Gasteiger partial charge is 0.478 e. The van der Waals surface area contributed by atoms with Gasteiger partial charge in [-0.3, -0.25) is 4.68 Å². The molecule has 0 unspecified atom stereocenters. The summed E-state index contributed by atoms with van der Waals surface area (Å²) in [5.41, 5.74) is 8.04. The first-order chi connectivity index (χ1) is 8.99. The maximum Gasteiger partial charge on any atom is 0.337 e. The lowest BCUT2D eigenvalue weighted by Gasteiger charge is -2.09. The molecule has 100 valence electrons. The molecule has 0 bridgehead atoms. The van der Waals surface area contributed by atoms with Crippen LogP contribution < -0.4 is 11.1 Å². The van der Waals surface area contributed by atoms with Gasteiger partial charge in [-0.05, 0) is 13.0 Å². The Morgan fingerprint density at radius 3 is 2.84 bits per heavy atom. The van der Waals surface area contributed by atoms with Gasteiger partial charge in [0.25, 0.3) is 0 Å². The average Bonchev–Trinajstić information content (AvgIpc) is 2.68. The van der Waals surface area contributed by atoms with Crippen molar-refractivity contribution < 1.29 is 9.90 Å². The number of aromatic nitrogens is 3. The third kappa shape index (κ3) is 2.65. The molecule has 0 spiro atoms. The first-order valence-corrected chi connectivity index (χ1v) is 5.69. The molecule has 0 saturated carbocycles. The Morgan fingerprint density at radius 2 is 2.26 bits per heavy atom. The normalized spacial score (nSPS) is 10.4. The fourth-order valence-electron chi connectivity index (χ4n) is 1.70. The third-order valence-electron chi connectivity index (χ3n) is 2.96. The number of aromatic carboxylic acids is 1. The molecule has 0 aliphatic heterocycles. The second kappa shape index (κ2) is 4.97. The molecule has 2 aromatic heterocycles. The molecular formula is C12H15N5O2. The molecule has 2 rings (SSSR count). The molecule has 19 heavy (non-hydrogen) atoms. The lowest BCUT2D eigenvalue weighted by Crippen LogP contribution is -2.08. The number of carboxylic acids is 1. The number of hydrogen-bond donors (Lipinski definition) is 3. The van der Waals surface area contributed by atoms with Crippen LogP contribution in [-0.2, 0) is 13.6 Å². The van der Waals surface area contributed by atoms with Crippen molar-refractivity contribution in [2.45, 2.75) is 13.5 Å². The Morgan fingerprint density at radius 1 is 1.53 bits per heavy atom. The molecule has 0 saturated heterocycles. The van der Waals surface area contributed by atoms with E-state index in [-0.39, 0.29) is 11.4 Å². The number of nitrogens with one attached hydrogen (secondary N) is 1. The number of nitrogen functional groups attached to an aromatic ring is 1. The molecule has 0 fully saturated rings. The van der Waals surface area contributed by atoms with Gasteiger partial charge in [-0.1, -0.05) is 0 Å². The highest BCUT2D eigenvalue weighted by atomic mass is 16.4. The summed E-state index contributed by atoms with van der Waals surface area (Å²) in [5.74, 6) is -0.861. The molecule has 7 heteroatoms. The summed E-state index contributed by atoms with van der Waals surface area (Å²) < 4.78 is 1.76. The number of aryl methyl sites for hydroxylation is 1. The van der Waals surface area contributed by atoms with E-state index < -0.39 is 5.97 Å². The number of carbonyl (C=O) groups is 1. The Kier molecular flexibility index (Phi) is 3.37. The van der Waals surface area contributed by atoms with E-state index in [2.05, 4.69) is 15.4 Å². The van der Waals surface area contributed by atoms with Crippen molar-refractivity contribution in [1.29, 1.82) is 0 Å². The van der Waals surface area contributed by atoms with Gasteiger partial charge < -0.3 is 16.2 Å². The van der Waals surface area contributed by atoms with Crippen LogP contribution in [0.4, 0.5) is 11.5 Å². The molecule has 7 nitrogen and oxygen atoms in total. The number of nitrogens with zero attached hydrogens (tertiary/aromatic N) is 3. The number of nitrogens with two attached hydrogens (primary N) is 1. The van der Waals surface area contributed by atoms with Gasteiger partial charge in [0.05, 0.1) is 23.6 Å². The molecule has 0 aliphatic carbocycles. The van der Waals surface area contributed by atoms with E-state index >= 15 is 0 Å². The predicted octanol–water partition coefficient (Wildman–Crippen LogP) is 1.02. The standard InChI is InChI=1S/C12H15N5O2/c1-7-8(5-16-17(7)2)4-14-10-6-15-11(13)3-9(10)12(18)19/h3,5-6,14H,4H2,1-2H3,(H2,13,15)(H,18,19). The quantitative estimate of drug-likeness (QED) is 0.758. The highest BCUT2D eigenvalue weighted by molar-refractivity contribution is 5.94. The Hall–Kier alpha value is -2.57. The van der Waals surface area contributed by atoms with E-state index in [9.17, 15) is 4.79 Å². The van der Waals surface area contributed by atoms with Crippen LogP contribution in [0, 0.1) is 6.92 Å². The van der Waals surface area contributed by atoms with E-state index in [0.29, 0.717) is 12.2 Å². The summed E-state index contributed by atoms with van der Waals surface area (Å²) in [4.78, 5) is 15.0. The predicted molar refractivity (Wildman–Crippen MR) is 70.9 cm³/mol. The molecule has 0 atom stereocenters. The minimum atomic E-state index is -1.04. The molecule has 0 radical (unpaired) electrons. The minimum Gasteiger partial charge on any atom is -0.478 e. The van der Waals surface area contributed by atoms with Crippen LogP contribution in [0.5, 0.6) is 0 Å². The van der Waals surface area contributed by atoms with Gasteiger partial charge in [-0.15, -0.1) is 0 Å². The summed E-state index contributed by atoms with van der Waals surface area (Å²) in [5, 5.41) is 16.3. The van der Waals surface area contributed by atoms with Crippen LogP contribution in [0.1, 0.15) is 21.6 Å². The van der Waals surface area contributed by atoms with Crippen LogP contribution >= 0.6 is 0 Å². The van der Waals surface area contributed by atoms with Gasteiger partial charge in [-0.2, -0.15) is 5.10 Å². The topological polar surface area (TPSA) is 106 Å². The van der Waals surface area contributed by atoms with Crippen LogP contribution in [-0.4, -0.2) is 25.8 Å². The van der Waals surface area contributed by atoms with E-state index in [1.807, 2.05) is 14.0 Å². The molecule has 2 heterocycles. The van der Waals surface area contributed by atoms with E-state index in [0.717, 1.165) is 11.3 Å². The van der Waals surface area contributed by atoms with E-state index in [1.54, 1.807) is 10.9 Å². The van der Waals surface area contributed by atoms with Gasteiger partial charge in [0.1, 0.15) is 5.82 Å². The maximum atomic E-state index is 11.1. The van der Waals surface area contributed by atoms with Crippen LogP contribution in [0.15, 0.2) is 18.5 Å². The monoisotopic (exact) mass is 261 g/mol. The van der Waals surface area contributed by atoms with Gasteiger partial charge in [0, 0.05) is 24.8 Å². The van der Waals surface area contributed by atoms with Crippen molar-refractivity contribution in [2.75, 3.05) is 11.1 Å². The van der Waals surface area contributed by atoms with Gasteiger partial charge in [0.15, 0.2) is 0 Å². The zero-order chi connectivity index (χ0) is 14.0. The van der Waals surface area contributed by atoms with Crippen molar-refractivity contribution in [3.8, 4) is 0 Å². The zero-order valence-corrected chi connectivity index (χ0v) is 10.7. The van der Waals surface area contributed by atoms with Gasteiger partial charge >= 0.3 is 5.97 Å². The third-order valence-corrected chi connectivity index (χ3v) is 2.96. The van der Waals surface area contributed by atoms with Crippen molar-refractivity contribution in [3.05, 3.63) is 35.3 Å². The van der Waals surface area contributed by atoms with Crippen molar-refractivity contribution >= 4 is 17.5 Å². The second-order valence-electron chi connectivity index (χ2n) is 4.19. The smallest absolute Gasteiger partial charge is 0.337 e. The fourth-order valence-corrected chi connectivity index (χ4v) is 1.70. The number of anilines is 2. The van der Waals surface area contributed by atoms with Gasteiger partial charge in [-0.25, -0.2) is 9.78 Å². The number of pyridine rings is 1. The molecular weight excluding hydrogens is 246 g/mol. The Labute approximate surface area is 110 Å². The SMILES string of the molecule is Cc1c(CNc2cnc(N)cc2C(=O)O)cnn1C. The highest BCUT2D eigenvalue weighted by Crippen LogP contribution is 2.18. The Bertz CT molecular complexity index is 621. The number of rotatable bonds is 4. The average molecular weight is 261 g/mol. The van der Waals surface area contributed by atoms with E-state index in [1.165, 1.54) is 12.3 Å². The van der Waals surface area contributed by atoms with Crippen LogP contribution in [0.2, 0.25) is 0 Å². The summed E-state index contributed by atoms with van der Waals surface area (Å²) in [6.07, 6.45) is 3.16. The summed E-state index contributed by atoms with van der Waals surface area (Å²) >= 11 is 0. The first kappa shape index (κ1) is 12.9. The molecule has 0 amide bonds. The zero-order valence-electron chi connectivity index (χ0n) is 10.7. The highest BCUT2D eigenvalue weighted by Gasteiger charge is 2.12. The lowest BCUT2D eigenvalue weighted by molar-refractivity contribution is 0.0698. The molecule has 4 N–H and O–H groups in total. The second-order valence-corrected chi connectivity index (χ2v) is 4.19. The fraction of sp³-hybridized carbons (Fsp3) is 0.250. The molecule has 0 aromatic carbocycles.